The number of rotatable bonds is 6. The average Bonchev–Trinajstić information content (AvgIpc) is 2.80. The van der Waals surface area contributed by atoms with Crippen LogP contribution in [0, 0.1) is 0 Å². The molecule has 8 nitrogen and oxygen atoms in total. The van der Waals surface area contributed by atoms with Crippen LogP contribution in [-0.2, 0) is 0 Å². The number of amides is 1. The zero-order chi connectivity index (χ0) is 21.6. The maximum Gasteiger partial charge on any atom is 0.251 e. The van der Waals surface area contributed by atoms with E-state index in [9.17, 15) is 4.79 Å². The number of anilines is 3. The molecule has 1 saturated heterocycles. The minimum absolute atomic E-state index is 0.00704. The Kier molecular flexibility index (Phi) is 6.37. The molecule has 1 amide bonds. The summed E-state index contributed by atoms with van der Waals surface area (Å²) in [6.45, 7) is 3.76. The molecule has 0 saturated carbocycles. The van der Waals surface area contributed by atoms with Gasteiger partial charge in [0.1, 0.15) is 0 Å². The third-order valence-corrected chi connectivity index (χ3v) is 5.52. The van der Waals surface area contributed by atoms with Crippen molar-refractivity contribution in [3.63, 3.8) is 0 Å². The lowest BCUT2D eigenvalue weighted by molar-refractivity contribution is 0.0893. The van der Waals surface area contributed by atoms with Gasteiger partial charge in [0, 0.05) is 30.4 Å². The zero-order valence-corrected chi connectivity index (χ0v) is 17.5. The van der Waals surface area contributed by atoms with Crippen LogP contribution in [0.3, 0.4) is 0 Å². The second kappa shape index (κ2) is 9.53. The lowest BCUT2D eigenvalue weighted by Crippen LogP contribution is -2.45. The number of piperidine rings is 1. The third-order valence-electron chi connectivity index (χ3n) is 5.52. The first-order valence-corrected chi connectivity index (χ1v) is 10.5. The maximum atomic E-state index is 12.4. The molecule has 160 valence electrons. The van der Waals surface area contributed by atoms with Gasteiger partial charge in [-0.25, -0.2) is 0 Å². The lowest BCUT2D eigenvalue weighted by Gasteiger charge is -2.35. The van der Waals surface area contributed by atoms with Crippen molar-refractivity contribution in [1.82, 2.24) is 25.2 Å². The van der Waals surface area contributed by atoms with Gasteiger partial charge in [-0.15, -0.1) is 0 Å². The van der Waals surface area contributed by atoms with Gasteiger partial charge in [0.25, 0.3) is 5.91 Å². The summed E-state index contributed by atoms with van der Waals surface area (Å²) in [5.74, 6) is 1.25. The topological polar surface area (TPSA) is 109 Å². The zero-order valence-electron chi connectivity index (χ0n) is 17.5. The number of hydrogen-bond donors (Lipinski definition) is 3. The van der Waals surface area contributed by atoms with Gasteiger partial charge >= 0.3 is 0 Å². The number of aromatic nitrogens is 3. The molecule has 3 aromatic rings. The summed E-state index contributed by atoms with van der Waals surface area (Å²) >= 11 is 0. The molecular weight excluding hydrogens is 390 g/mol. The standard InChI is InChI=1S/C23H27N7O/c1-16(20-27-22(24)29-23(28-20)26-18-10-6-3-7-11-18)30-14-12-19(13-15-30)25-21(31)17-8-4-2-5-9-17/h2-11,16,19H,12-15H2,1H3,(H,25,31)(H3,24,26,27,28,29). The summed E-state index contributed by atoms with van der Waals surface area (Å²) in [7, 11) is 0. The molecule has 1 aliphatic heterocycles. The number of nitrogens with two attached hydrogens (primary N) is 1. The predicted molar refractivity (Wildman–Crippen MR) is 121 cm³/mol. The van der Waals surface area contributed by atoms with E-state index in [4.69, 9.17) is 5.73 Å². The number of likely N-dealkylation sites (tertiary alicyclic amines) is 1. The minimum atomic E-state index is -0.0195. The van der Waals surface area contributed by atoms with Crippen LogP contribution in [0.15, 0.2) is 60.7 Å². The molecule has 31 heavy (non-hydrogen) atoms. The van der Waals surface area contributed by atoms with E-state index in [1.165, 1.54) is 0 Å². The van der Waals surface area contributed by atoms with Gasteiger partial charge in [-0.1, -0.05) is 36.4 Å². The molecule has 1 aromatic heterocycles. The van der Waals surface area contributed by atoms with E-state index in [2.05, 4.69) is 37.4 Å². The van der Waals surface area contributed by atoms with E-state index in [1.807, 2.05) is 60.7 Å². The maximum absolute atomic E-state index is 12.4. The van der Waals surface area contributed by atoms with E-state index in [-0.39, 0.29) is 23.9 Å². The van der Waals surface area contributed by atoms with Crippen molar-refractivity contribution in [2.75, 3.05) is 24.1 Å². The first-order chi connectivity index (χ1) is 15.1. The van der Waals surface area contributed by atoms with Crippen LogP contribution >= 0.6 is 0 Å². The SMILES string of the molecule is CC(c1nc(N)nc(Nc2ccccc2)n1)N1CCC(NC(=O)c2ccccc2)CC1. The second-order valence-electron chi connectivity index (χ2n) is 7.69. The summed E-state index contributed by atoms with van der Waals surface area (Å²) in [6, 6.07) is 19.2. The van der Waals surface area contributed by atoms with E-state index in [1.54, 1.807) is 0 Å². The highest BCUT2D eigenvalue weighted by atomic mass is 16.1. The smallest absolute Gasteiger partial charge is 0.251 e. The Morgan fingerprint density at radius 3 is 2.32 bits per heavy atom. The van der Waals surface area contributed by atoms with Gasteiger partial charge in [0.05, 0.1) is 6.04 Å². The monoisotopic (exact) mass is 417 g/mol. The number of nitrogen functional groups attached to an aromatic ring is 1. The molecule has 1 unspecified atom stereocenters. The first-order valence-electron chi connectivity index (χ1n) is 10.5. The van der Waals surface area contributed by atoms with Crippen LogP contribution in [0.1, 0.15) is 42.0 Å². The molecule has 0 radical (unpaired) electrons. The molecule has 0 spiro atoms. The Hall–Kier alpha value is -3.52. The van der Waals surface area contributed by atoms with Gasteiger partial charge < -0.3 is 16.4 Å². The number of nitrogens with zero attached hydrogens (tertiary/aromatic N) is 4. The molecule has 4 N–H and O–H groups in total. The Morgan fingerprint density at radius 2 is 1.65 bits per heavy atom. The molecule has 8 heteroatoms. The summed E-state index contributed by atoms with van der Waals surface area (Å²) in [4.78, 5) is 27.9. The van der Waals surface area contributed by atoms with E-state index >= 15 is 0 Å². The molecular formula is C23H27N7O. The van der Waals surface area contributed by atoms with Crippen molar-refractivity contribution in [3.8, 4) is 0 Å². The van der Waals surface area contributed by atoms with Crippen molar-refractivity contribution in [2.24, 2.45) is 0 Å². The Morgan fingerprint density at radius 1 is 1.00 bits per heavy atom. The fourth-order valence-corrected chi connectivity index (χ4v) is 3.76. The fraction of sp³-hybridized carbons (Fsp3) is 0.304. The van der Waals surface area contributed by atoms with Gasteiger partial charge in [-0.3, -0.25) is 9.69 Å². The van der Waals surface area contributed by atoms with Crippen LogP contribution < -0.4 is 16.4 Å². The first kappa shape index (κ1) is 20.7. The summed E-state index contributed by atoms with van der Waals surface area (Å²) in [5, 5.41) is 6.32. The highest BCUT2D eigenvalue weighted by Gasteiger charge is 2.26. The molecule has 2 heterocycles. The molecule has 1 atom stereocenters. The second-order valence-corrected chi connectivity index (χ2v) is 7.69. The van der Waals surface area contributed by atoms with Crippen LogP contribution in [0.25, 0.3) is 0 Å². The largest absolute Gasteiger partial charge is 0.368 e. The minimum Gasteiger partial charge on any atom is -0.368 e. The fourth-order valence-electron chi connectivity index (χ4n) is 3.76. The Labute approximate surface area is 181 Å². The molecule has 2 aromatic carbocycles. The highest BCUT2D eigenvalue weighted by Crippen LogP contribution is 2.24. The molecule has 1 aliphatic rings. The molecule has 0 bridgehead atoms. The summed E-state index contributed by atoms with van der Waals surface area (Å²) in [6.07, 6.45) is 1.75. The average molecular weight is 418 g/mol. The van der Waals surface area contributed by atoms with Crippen LogP contribution in [0.2, 0.25) is 0 Å². The normalized spacial score (nSPS) is 15.9. The number of carbonyl (C=O) groups excluding carboxylic acids is 1. The van der Waals surface area contributed by atoms with E-state index in [0.717, 1.165) is 31.6 Å². The van der Waals surface area contributed by atoms with Gasteiger partial charge in [-0.05, 0) is 44.0 Å². The van der Waals surface area contributed by atoms with Crippen molar-refractivity contribution in [3.05, 3.63) is 72.1 Å². The van der Waals surface area contributed by atoms with Crippen LogP contribution in [0.5, 0.6) is 0 Å². The molecule has 1 fully saturated rings. The van der Waals surface area contributed by atoms with E-state index < -0.39 is 0 Å². The lowest BCUT2D eigenvalue weighted by atomic mass is 10.0. The summed E-state index contributed by atoms with van der Waals surface area (Å²) in [5.41, 5.74) is 7.53. The van der Waals surface area contributed by atoms with Crippen LogP contribution in [-0.4, -0.2) is 44.9 Å². The quantitative estimate of drug-likeness (QED) is 0.565. The number of carbonyl (C=O) groups is 1. The van der Waals surface area contributed by atoms with Gasteiger partial charge in [-0.2, -0.15) is 15.0 Å². The highest BCUT2D eigenvalue weighted by molar-refractivity contribution is 5.94. The number of benzene rings is 2. The molecule has 0 aliphatic carbocycles. The summed E-state index contributed by atoms with van der Waals surface area (Å²) < 4.78 is 0. The van der Waals surface area contributed by atoms with Gasteiger partial charge in [0.2, 0.25) is 11.9 Å². The van der Waals surface area contributed by atoms with Crippen LogP contribution in [0.4, 0.5) is 17.6 Å². The van der Waals surface area contributed by atoms with E-state index in [0.29, 0.717) is 17.3 Å². The predicted octanol–water partition coefficient (Wildman–Crippen LogP) is 3.15. The number of hydrogen-bond acceptors (Lipinski definition) is 7. The van der Waals surface area contributed by atoms with Crippen molar-refractivity contribution >= 4 is 23.5 Å². The third kappa shape index (κ3) is 5.35. The number of para-hydroxylation sites is 1. The van der Waals surface area contributed by atoms with Crippen molar-refractivity contribution in [1.29, 1.82) is 0 Å². The Bertz CT molecular complexity index is 1000. The van der Waals surface area contributed by atoms with Gasteiger partial charge in [0.15, 0.2) is 5.82 Å². The van der Waals surface area contributed by atoms with Crippen molar-refractivity contribution in [2.45, 2.75) is 31.8 Å². The molecule has 4 rings (SSSR count). The number of nitrogens with one attached hydrogen (secondary N) is 2. The Balaban J connectivity index is 1.36. The van der Waals surface area contributed by atoms with Crippen molar-refractivity contribution < 1.29 is 4.79 Å².